The molecule has 1 aliphatic carbocycles. The summed E-state index contributed by atoms with van der Waals surface area (Å²) >= 11 is 0. The first-order valence-corrected chi connectivity index (χ1v) is 14.6. The molecule has 8 heteroatoms. The molecule has 0 saturated carbocycles. The van der Waals surface area contributed by atoms with Crippen LogP contribution < -0.4 is 9.47 Å². The summed E-state index contributed by atoms with van der Waals surface area (Å²) in [6.07, 6.45) is 1.72. The SMILES string of the molecule is COc1ccc(CN(C[C@H](O)CCC(=O)c2ccc(C(=O)N3CCOCC3)cc2)C2Cc3ccccc3C2)c(OC)c1. The molecule has 5 rings (SSSR count). The molecule has 0 aromatic heterocycles. The van der Waals surface area contributed by atoms with Crippen molar-refractivity contribution < 1.29 is 28.9 Å². The van der Waals surface area contributed by atoms with Crippen LogP contribution in [0.4, 0.5) is 0 Å². The molecule has 1 N–H and O–H groups in total. The van der Waals surface area contributed by atoms with Crippen molar-refractivity contribution in [3.8, 4) is 11.5 Å². The lowest BCUT2D eigenvalue weighted by Crippen LogP contribution is -2.41. The van der Waals surface area contributed by atoms with Gasteiger partial charge >= 0.3 is 0 Å². The maximum Gasteiger partial charge on any atom is 0.254 e. The van der Waals surface area contributed by atoms with Gasteiger partial charge in [-0.2, -0.15) is 0 Å². The molecular weight excluding hydrogens is 532 g/mol. The molecule has 2 aliphatic rings. The monoisotopic (exact) mass is 572 g/mol. The highest BCUT2D eigenvalue weighted by atomic mass is 16.5. The number of benzene rings is 3. The van der Waals surface area contributed by atoms with E-state index in [0.717, 1.165) is 29.9 Å². The number of ether oxygens (including phenoxy) is 3. The first-order chi connectivity index (χ1) is 20.4. The van der Waals surface area contributed by atoms with Crippen LogP contribution in [0.1, 0.15) is 50.2 Å². The third-order valence-electron chi connectivity index (χ3n) is 8.32. The number of carbonyl (C=O) groups is 2. The van der Waals surface area contributed by atoms with E-state index >= 15 is 0 Å². The number of amides is 1. The number of hydrogen-bond acceptors (Lipinski definition) is 7. The Balaban J connectivity index is 1.21. The van der Waals surface area contributed by atoms with E-state index in [1.807, 2.05) is 18.2 Å². The number of carbonyl (C=O) groups excluding carboxylic acids is 2. The highest BCUT2D eigenvalue weighted by Crippen LogP contribution is 2.30. The number of rotatable bonds is 12. The largest absolute Gasteiger partial charge is 0.497 e. The van der Waals surface area contributed by atoms with E-state index in [1.165, 1.54) is 11.1 Å². The van der Waals surface area contributed by atoms with Crippen molar-refractivity contribution in [2.75, 3.05) is 47.1 Å². The topological polar surface area (TPSA) is 88.5 Å². The molecule has 1 aliphatic heterocycles. The maximum absolute atomic E-state index is 13.0. The lowest BCUT2D eigenvalue weighted by atomic mass is 10.0. The van der Waals surface area contributed by atoms with E-state index in [4.69, 9.17) is 14.2 Å². The van der Waals surface area contributed by atoms with Crippen LogP contribution in [-0.4, -0.2) is 85.8 Å². The Bertz CT molecular complexity index is 1340. The van der Waals surface area contributed by atoms with Gasteiger partial charge in [-0.15, -0.1) is 0 Å². The summed E-state index contributed by atoms with van der Waals surface area (Å²) in [4.78, 5) is 29.8. The van der Waals surface area contributed by atoms with Crippen LogP contribution in [0.3, 0.4) is 0 Å². The molecule has 1 heterocycles. The third kappa shape index (κ3) is 7.18. The Morgan fingerprint density at radius 3 is 2.26 bits per heavy atom. The fourth-order valence-electron chi connectivity index (χ4n) is 5.89. The highest BCUT2D eigenvalue weighted by Gasteiger charge is 2.29. The minimum atomic E-state index is -0.677. The number of nitrogens with zero attached hydrogens (tertiary/aromatic N) is 2. The molecule has 0 unspecified atom stereocenters. The number of fused-ring (bicyclic) bond motifs is 1. The average Bonchev–Trinajstić information content (AvgIpc) is 3.48. The van der Waals surface area contributed by atoms with E-state index in [1.54, 1.807) is 43.4 Å². The first-order valence-electron chi connectivity index (χ1n) is 14.6. The van der Waals surface area contributed by atoms with Gasteiger partial charge in [-0.05, 0) is 48.6 Å². The summed E-state index contributed by atoms with van der Waals surface area (Å²) in [5, 5.41) is 11.1. The van der Waals surface area contributed by atoms with Crippen LogP contribution >= 0.6 is 0 Å². The second-order valence-corrected chi connectivity index (χ2v) is 11.0. The Morgan fingerprint density at radius 1 is 0.952 bits per heavy atom. The lowest BCUT2D eigenvalue weighted by Gasteiger charge is -2.31. The molecule has 0 radical (unpaired) electrons. The molecule has 222 valence electrons. The normalized spacial score (nSPS) is 15.9. The second kappa shape index (κ2) is 14.0. The Kier molecular flexibility index (Phi) is 9.89. The zero-order valence-electron chi connectivity index (χ0n) is 24.5. The number of hydrogen-bond donors (Lipinski definition) is 1. The smallest absolute Gasteiger partial charge is 0.254 e. The van der Waals surface area contributed by atoms with Gasteiger partial charge in [-0.1, -0.05) is 42.5 Å². The predicted molar refractivity (Wildman–Crippen MR) is 160 cm³/mol. The van der Waals surface area contributed by atoms with Gasteiger partial charge in [0.25, 0.3) is 5.91 Å². The summed E-state index contributed by atoms with van der Waals surface area (Å²) in [7, 11) is 3.28. The number of aliphatic hydroxyl groups excluding tert-OH is 1. The van der Waals surface area contributed by atoms with Crippen LogP contribution in [0, 0.1) is 0 Å². The molecule has 3 aromatic rings. The van der Waals surface area contributed by atoms with Gasteiger partial charge in [0, 0.05) is 61.4 Å². The molecule has 42 heavy (non-hydrogen) atoms. The molecule has 1 fully saturated rings. The Morgan fingerprint density at radius 2 is 1.62 bits per heavy atom. The maximum atomic E-state index is 13.0. The zero-order valence-corrected chi connectivity index (χ0v) is 24.5. The molecule has 0 bridgehead atoms. The molecule has 8 nitrogen and oxygen atoms in total. The number of ketones is 1. The summed E-state index contributed by atoms with van der Waals surface area (Å²) in [5.74, 6) is 1.38. The van der Waals surface area contributed by atoms with Crippen molar-refractivity contribution in [1.82, 2.24) is 9.80 Å². The molecule has 3 aromatic carbocycles. The number of methoxy groups -OCH3 is 2. The van der Waals surface area contributed by atoms with Crippen LogP contribution in [0.5, 0.6) is 11.5 Å². The van der Waals surface area contributed by atoms with Crippen LogP contribution in [0.25, 0.3) is 0 Å². The fourth-order valence-corrected chi connectivity index (χ4v) is 5.89. The van der Waals surface area contributed by atoms with Gasteiger partial charge in [-0.25, -0.2) is 0 Å². The number of Topliss-reactive ketones (excluding diaryl/α,β-unsaturated/α-hetero) is 1. The van der Waals surface area contributed by atoms with Crippen molar-refractivity contribution in [1.29, 1.82) is 0 Å². The second-order valence-electron chi connectivity index (χ2n) is 11.0. The van der Waals surface area contributed by atoms with Gasteiger partial charge in [0.15, 0.2) is 5.78 Å². The molecular formula is C34H40N2O6. The van der Waals surface area contributed by atoms with E-state index < -0.39 is 6.10 Å². The summed E-state index contributed by atoms with van der Waals surface area (Å²) in [5.41, 5.74) is 4.82. The van der Waals surface area contributed by atoms with Crippen molar-refractivity contribution in [2.45, 2.75) is 44.4 Å². The van der Waals surface area contributed by atoms with Crippen LogP contribution in [0.2, 0.25) is 0 Å². The van der Waals surface area contributed by atoms with Crippen LogP contribution in [-0.2, 0) is 24.1 Å². The minimum absolute atomic E-state index is 0.0453. The zero-order chi connectivity index (χ0) is 29.5. The van der Waals surface area contributed by atoms with Gasteiger partial charge in [0.2, 0.25) is 0 Å². The van der Waals surface area contributed by atoms with Gasteiger partial charge in [0.05, 0.1) is 33.5 Å². The van der Waals surface area contributed by atoms with Gasteiger partial charge < -0.3 is 24.2 Å². The summed E-state index contributed by atoms with van der Waals surface area (Å²) < 4.78 is 16.4. The minimum Gasteiger partial charge on any atom is -0.497 e. The van der Waals surface area contributed by atoms with E-state index in [9.17, 15) is 14.7 Å². The average molecular weight is 573 g/mol. The first kappa shape index (κ1) is 29.8. The standard InChI is InChI=1S/C34H40N2O6/c1-40-31-13-11-28(33(21-31)41-2)22-36(29-19-26-5-3-4-6-27(26)20-29)23-30(37)12-14-32(38)24-7-9-25(10-8-24)34(39)35-15-17-42-18-16-35/h3-11,13,21,29-30,37H,12,14-20,22-23H2,1-2H3/t30-/m1/s1. The van der Waals surface area contributed by atoms with Crippen LogP contribution in [0.15, 0.2) is 66.7 Å². The Labute approximate surface area is 247 Å². The van der Waals surface area contributed by atoms with Crippen molar-refractivity contribution in [2.24, 2.45) is 0 Å². The number of morpholine rings is 1. The third-order valence-corrected chi connectivity index (χ3v) is 8.32. The van der Waals surface area contributed by atoms with Crippen molar-refractivity contribution >= 4 is 11.7 Å². The van der Waals surface area contributed by atoms with E-state index in [-0.39, 0.29) is 24.2 Å². The lowest BCUT2D eigenvalue weighted by molar-refractivity contribution is 0.0303. The van der Waals surface area contributed by atoms with Crippen molar-refractivity contribution in [3.05, 3.63) is 94.5 Å². The molecule has 1 atom stereocenters. The highest BCUT2D eigenvalue weighted by molar-refractivity contribution is 5.98. The van der Waals surface area contributed by atoms with E-state index in [2.05, 4.69) is 29.2 Å². The molecule has 1 saturated heterocycles. The summed E-state index contributed by atoms with van der Waals surface area (Å²) in [6.45, 7) is 3.29. The van der Waals surface area contributed by atoms with Gasteiger partial charge in [-0.3, -0.25) is 14.5 Å². The van der Waals surface area contributed by atoms with Gasteiger partial charge in [0.1, 0.15) is 11.5 Å². The molecule has 0 spiro atoms. The fraction of sp³-hybridized carbons (Fsp3) is 0.412. The predicted octanol–water partition coefficient (Wildman–Crippen LogP) is 4.17. The Hall–Kier alpha value is -3.72. The van der Waals surface area contributed by atoms with Crippen molar-refractivity contribution in [3.63, 3.8) is 0 Å². The quantitative estimate of drug-likeness (QED) is 0.326. The molecule has 1 amide bonds. The number of aliphatic hydroxyl groups is 1. The summed E-state index contributed by atoms with van der Waals surface area (Å²) in [6, 6.07) is 21.4. The van der Waals surface area contributed by atoms with E-state index in [0.29, 0.717) is 56.9 Å².